The summed E-state index contributed by atoms with van der Waals surface area (Å²) in [4.78, 5) is 11.4. The van der Waals surface area contributed by atoms with Crippen LogP contribution in [-0.4, -0.2) is 5.97 Å². The zero-order valence-corrected chi connectivity index (χ0v) is 9.81. The van der Waals surface area contributed by atoms with Crippen molar-refractivity contribution >= 4 is 5.97 Å². The summed E-state index contributed by atoms with van der Waals surface area (Å²) in [5.74, 6) is -3.14. The number of esters is 1. The van der Waals surface area contributed by atoms with E-state index in [0.29, 0.717) is 31.0 Å². The molecule has 2 rings (SSSR count). The molecule has 1 aromatic rings. The molecule has 1 aromatic carbocycles. The summed E-state index contributed by atoms with van der Waals surface area (Å²) in [6.07, 6.45) is -9.26. The zero-order valence-electron chi connectivity index (χ0n) is 9.81. The third kappa shape index (κ3) is 3.05. The second-order valence-corrected chi connectivity index (χ2v) is 4.37. The number of hydrogen-bond acceptors (Lipinski definition) is 2. The van der Waals surface area contributed by atoms with E-state index in [4.69, 9.17) is 0 Å². The van der Waals surface area contributed by atoms with Crippen LogP contribution in [0.25, 0.3) is 0 Å². The summed E-state index contributed by atoms with van der Waals surface area (Å²) in [5, 5.41) is 0. The van der Waals surface area contributed by atoms with Crippen LogP contribution in [0.1, 0.15) is 24.0 Å². The van der Waals surface area contributed by atoms with Gasteiger partial charge in [0.2, 0.25) is 0 Å². The Kier molecular flexibility index (Phi) is 3.43. The molecule has 110 valence electrons. The van der Waals surface area contributed by atoms with Crippen LogP contribution >= 0.6 is 0 Å². The molecule has 0 aromatic heterocycles. The van der Waals surface area contributed by atoms with E-state index in [1.54, 1.807) is 0 Å². The molecule has 0 heterocycles. The topological polar surface area (TPSA) is 26.3 Å². The molecular formula is C12H8F6O2. The van der Waals surface area contributed by atoms with Crippen molar-refractivity contribution in [3.8, 4) is 5.75 Å². The van der Waals surface area contributed by atoms with Gasteiger partial charge in [-0.2, -0.15) is 26.3 Å². The molecule has 0 radical (unpaired) electrons. The molecule has 20 heavy (non-hydrogen) atoms. The number of halogens is 6. The molecule has 8 heteroatoms. The summed E-state index contributed by atoms with van der Waals surface area (Å²) in [5.41, 5.74) is -3.22. The number of benzene rings is 1. The quantitative estimate of drug-likeness (QED) is 0.468. The van der Waals surface area contributed by atoms with E-state index in [1.807, 2.05) is 0 Å². The zero-order chi connectivity index (χ0) is 15.1. The fourth-order valence-electron chi connectivity index (χ4n) is 1.60. The lowest BCUT2D eigenvalue weighted by Crippen LogP contribution is -2.19. The molecule has 0 aliphatic heterocycles. The maximum atomic E-state index is 12.7. The van der Waals surface area contributed by atoms with Crippen molar-refractivity contribution in [2.75, 3.05) is 0 Å². The lowest BCUT2D eigenvalue weighted by molar-refractivity contribution is -0.149. The summed E-state index contributed by atoms with van der Waals surface area (Å²) >= 11 is 0. The van der Waals surface area contributed by atoms with E-state index in [-0.39, 0.29) is 0 Å². The van der Waals surface area contributed by atoms with Crippen LogP contribution in [0, 0.1) is 5.92 Å². The van der Waals surface area contributed by atoms with Gasteiger partial charge in [-0.15, -0.1) is 0 Å². The van der Waals surface area contributed by atoms with Gasteiger partial charge in [-0.1, -0.05) is 6.07 Å². The lowest BCUT2D eigenvalue weighted by atomic mass is 10.1. The minimum Gasteiger partial charge on any atom is -0.425 e. The van der Waals surface area contributed by atoms with Crippen LogP contribution in [0.5, 0.6) is 5.75 Å². The van der Waals surface area contributed by atoms with Gasteiger partial charge in [0, 0.05) is 0 Å². The van der Waals surface area contributed by atoms with Crippen LogP contribution in [-0.2, 0) is 17.1 Å². The van der Waals surface area contributed by atoms with Crippen LogP contribution < -0.4 is 4.74 Å². The number of carbonyl (C=O) groups excluding carboxylic acids is 1. The Balaban J connectivity index is 2.49. The first-order valence-electron chi connectivity index (χ1n) is 5.60. The molecule has 2 nitrogen and oxygen atoms in total. The highest BCUT2D eigenvalue weighted by Gasteiger charge is 2.43. The number of ether oxygens (including phenoxy) is 1. The minimum atomic E-state index is -5.04. The first kappa shape index (κ1) is 14.7. The first-order valence-corrected chi connectivity index (χ1v) is 5.60. The van der Waals surface area contributed by atoms with Gasteiger partial charge >= 0.3 is 18.3 Å². The molecule has 1 saturated carbocycles. The highest BCUT2D eigenvalue weighted by atomic mass is 19.4. The largest absolute Gasteiger partial charge is 0.425 e. The van der Waals surface area contributed by atoms with E-state index in [0.717, 1.165) is 0 Å². The standard InChI is InChI=1S/C12H8F6O2/c13-11(14,15)7-2-1-3-8(12(16,17)18)9(7)20-10(19)6-4-5-6/h1-3,6H,4-5H2. The van der Waals surface area contributed by atoms with Crippen LogP contribution in [0.3, 0.4) is 0 Å². The molecule has 0 saturated heterocycles. The van der Waals surface area contributed by atoms with Gasteiger partial charge in [-0.05, 0) is 25.0 Å². The van der Waals surface area contributed by atoms with Crippen molar-refractivity contribution in [2.24, 2.45) is 5.92 Å². The molecule has 0 bridgehead atoms. The molecule has 1 aliphatic rings. The van der Waals surface area contributed by atoms with Gasteiger partial charge in [-0.25, -0.2) is 0 Å². The third-order valence-corrected chi connectivity index (χ3v) is 2.74. The predicted molar refractivity (Wildman–Crippen MR) is 54.8 cm³/mol. The van der Waals surface area contributed by atoms with Gasteiger partial charge < -0.3 is 4.74 Å². The Bertz CT molecular complexity index is 495. The van der Waals surface area contributed by atoms with Gasteiger partial charge in [0.1, 0.15) is 0 Å². The van der Waals surface area contributed by atoms with Crippen molar-refractivity contribution in [2.45, 2.75) is 25.2 Å². The SMILES string of the molecule is O=C(Oc1c(C(F)(F)F)cccc1C(F)(F)F)C1CC1. The molecule has 0 spiro atoms. The van der Waals surface area contributed by atoms with E-state index < -0.39 is 41.1 Å². The summed E-state index contributed by atoms with van der Waals surface area (Å²) in [6.45, 7) is 0. The number of alkyl halides is 6. The van der Waals surface area contributed by atoms with E-state index in [1.165, 1.54) is 0 Å². The highest BCUT2D eigenvalue weighted by molar-refractivity contribution is 5.78. The Labute approximate surface area is 109 Å². The van der Waals surface area contributed by atoms with E-state index in [2.05, 4.69) is 4.74 Å². The predicted octanol–water partition coefficient (Wildman–Crippen LogP) is 4.04. The maximum absolute atomic E-state index is 12.7. The second-order valence-electron chi connectivity index (χ2n) is 4.37. The van der Waals surface area contributed by atoms with Crippen LogP contribution in [0.15, 0.2) is 18.2 Å². The number of rotatable bonds is 2. The van der Waals surface area contributed by atoms with Crippen molar-refractivity contribution in [1.29, 1.82) is 0 Å². The molecule has 1 fully saturated rings. The Morgan fingerprint density at radius 1 is 1.00 bits per heavy atom. The second kappa shape index (κ2) is 4.68. The lowest BCUT2D eigenvalue weighted by Gasteiger charge is -2.17. The van der Waals surface area contributed by atoms with Gasteiger partial charge in [0.15, 0.2) is 5.75 Å². The Morgan fingerprint density at radius 2 is 1.45 bits per heavy atom. The van der Waals surface area contributed by atoms with Crippen molar-refractivity contribution in [3.63, 3.8) is 0 Å². The Morgan fingerprint density at radius 3 is 1.80 bits per heavy atom. The third-order valence-electron chi connectivity index (χ3n) is 2.74. The fraction of sp³-hybridized carbons (Fsp3) is 0.417. The molecule has 0 atom stereocenters. The highest BCUT2D eigenvalue weighted by Crippen LogP contribution is 2.45. The monoisotopic (exact) mass is 298 g/mol. The first-order chi connectivity index (χ1) is 9.10. The summed E-state index contributed by atoms with van der Waals surface area (Å²) in [7, 11) is 0. The Hall–Kier alpha value is -1.73. The van der Waals surface area contributed by atoms with E-state index >= 15 is 0 Å². The summed E-state index contributed by atoms with van der Waals surface area (Å²) in [6, 6.07) is 1.52. The van der Waals surface area contributed by atoms with Crippen LogP contribution in [0.4, 0.5) is 26.3 Å². The fourth-order valence-corrected chi connectivity index (χ4v) is 1.60. The van der Waals surface area contributed by atoms with Gasteiger partial charge in [-0.3, -0.25) is 4.79 Å². The number of hydrogen-bond donors (Lipinski definition) is 0. The average molecular weight is 298 g/mol. The van der Waals surface area contributed by atoms with Crippen LogP contribution in [0.2, 0.25) is 0 Å². The average Bonchev–Trinajstić information content (AvgIpc) is 3.09. The molecular weight excluding hydrogens is 290 g/mol. The smallest absolute Gasteiger partial charge is 0.420 e. The van der Waals surface area contributed by atoms with Crippen molar-refractivity contribution < 1.29 is 35.9 Å². The van der Waals surface area contributed by atoms with Crippen molar-refractivity contribution in [1.82, 2.24) is 0 Å². The molecule has 0 amide bonds. The maximum Gasteiger partial charge on any atom is 0.420 e. The van der Waals surface area contributed by atoms with Gasteiger partial charge in [0.05, 0.1) is 17.0 Å². The molecule has 0 N–H and O–H groups in total. The minimum absolute atomic E-state index is 0.411. The van der Waals surface area contributed by atoms with E-state index in [9.17, 15) is 31.1 Å². The molecule has 0 unspecified atom stereocenters. The summed E-state index contributed by atoms with van der Waals surface area (Å²) < 4.78 is 80.7. The van der Waals surface area contributed by atoms with Gasteiger partial charge in [0.25, 0.3) is 0 Å². The van der Waals surface area contributed by atoms with Crippen molar-refractivity contribution in [3.05, 3.63) is 29.3 Å². The number of carbonyl (C=O) groups is 1. The molecule has 1 aliphatic carbocycles. The number of para-hydroxylation sites is 1. The normalized spacial score (nSPS) is 16.1.